The molecule has 1 amide bonds. The van der Waals surface area contributed by atoms with Crippen molar-refractivity contribution in [3.05, 3.63) is 92.5 Å². The zero-order valence-corrected chi connectivity index (χ0v) is 29.6. The molecule has 2 aliphatic rings. The minimum atomic E-state index is -5.13. The van der Waals surface area contributed by atoms with E-state index in [-0.39, 0.29) is 58.5 Å². The molecule has 0 saturated carbocycles. The van der Waals surface area contributed by atoms with Crippen LogP contribution in [-0.4, -0.2) is 43.8 Å². The summed E-state index contributed by atoms with van der Waals surface area (Å²) >= 11 is 6.63. The van der Waals surface area contributed by atoms with Crippen molar-refractivity contribution in [1.82, 2.24) is 4.90 Å². The Morgan fingerprint density at radius 1 is 0.906 bits per heavy atom. The number of ether oxygens (including phenoxy) is 3. The topological polar surface area (TPSA) is 65.1 Å². The number of hydrogen-bond acceptors (Lipinski definition) is 5. The summed E-state index contributed by atoms with van der Waals surface area (Å²) in [7, 11) is 2.31. The van der Waals surface area contributed by atoms with Gasteiger partial charge < -0.3 is 14.2 Å². The van der Waals surface area contributed by atoms with Crippen LogP contribution in [0.5, 0.6) is 5.75 Å². The van der Waals surface area contributed by atoms with Crippen molar-refractivity contribution in [2.45, 2.75) is 70.7 Å². The molecule has 3 aromatic carbocycles. The lowest BCUT2D eigenvalue weighted by Crippen LogP contribution is -2.35. The number of alkyl halides is 9. The van der Waals surface area contributed by atoms with Crippen LogP contribution in [-0.2, 0) is 28.0 Å². The van der Waals surface area contributed by atoms with Gasteiger partial charge in [0, 0.05) is 6.54 Å². The summed E-state index contributed by atoms with van der Waals surface area (Å²) in [4.78, 5) is 27.7. The number of rotatable bonds is 7. The average Bonchev–Trinajstić information content (AvgIpc) is 3.34. The van der Waals surface area contributed by atoms with Gasteiger partial charge in [-0.25, -0.2) is 9.59 Å². The van der Waals surface area contributed by atoms with E-state index in [4.69, 9.17) is 25.8 Å². The number of cyclic esters (lactones) is 1. The van der Waals surface area contributed by atoms with Crippen LogP contribution in [0.15, 0.2) is 54.1 Å². The first-order valence-corrected chi connectivity index (χ1v) is 16.5. The van der Waals surface area contributed by atoms with Crippen molar-refractivity contribution in [3.8, 4) is 16.9 Å². The summed E-state index contributed by atoms with van der Waals surface area (Å²) in [5.41, 5.74) is -4.39. The summed E-state index contributed by atoms with van der Waals surface area (Å²) in [6.07, 6.45) is -16.6. The molecule has 1 heterocycles. The van der Waals surface area contributed by atoms with Gasteiger partial charge in [-0.1, -0.05) is 31.5 Å². The average molecular weight is 778 g/mol. The molecular weight excluding hydrogens is 745 g/mol. The molecule has 1 aliphatic carbocycles. The third kappa shape index (κ3) is 8.24. The minimum Gasteiger partial charge on any atom is -0.497 e. The van der Waals surface area contributed by atoms with Crippen molar-refractivity contribution in [3.63, 3.8) is 0 Å². The summed E-state index contributed by atoms with van der Waals surface area (Å²) in [5, 5.41) is -0.219. The maximum Gasteiger partial charge on any atom is 0.417 e. The molecule has 1 aliphatic heterocycles. The van der Waals surface area contributed by atoms with Gasteiger partial charge in [0.2, 0.25) is 0 Å². The van der Waals surface area contributed by atoms with Gasteiger partial charge >= 0.3 is 30.6 Å². The SMILES string of the molecule is COC(=O)c1c(Cl)cc(-c2ccc(OC)cc2C(F)(F)F)cc1C1=C(CN2C(=O)O[C@H](c3cc(C(F)(F)F)cc(C(F)(F)F)c3)[C@@H]2C)CC(C)(C)CC1. The summed E-state index contributed by atoms with van der Waals surface area (Å²) in [6, 6.07) is 5.85. The number of amides is 1. The predicted octanol–water partition coefficient (Wildman–Crippen LogP) is 11.4. The largest absolute Gasteiger partial charge is 0.497 e. The fraction of sp³-hybridized carbons (Fsp3) is 0.405. The fourth-order valence-corrected chi connectivity index (χ4v) is 7.14. The van der Waals surface area contributed by atoms with Crippen molar-refractivity contribution >= 4 is 29.2 Å². The molecule has 0 aromatic heterocycles. The lowest BCUT2D eigenvalue weighted by molar-refractivity contribution is -0.143. The van der Waals surface area contributed by atoms with Gasteiger partial charge in [-0.05, 0) is 107 Å². The lowest BCUT2D eigenvalue weighted by atomic mass is 9.72. The highest BCUT2D eigenvalue weighted by Crippen LogP contribution is 2.48. The second-order valence-electron chi connectivity index (χ2n) is 13.7. The Balaban J connectivity index is 1.65. The molecule has 1 saturated heterocycles. The molecule has 3 aromatic rings. The van der Waals surface area contributed by atoms with Crippen molar-refractivity contribution in [1.29, 1.82) is 0 Å². The van der Waals surface area contributed by atoms with Crippen LogP contribution in [0.3, 0.4) is 0 Å². The highest BCUT2D eigenvalue weighted by molar-refractivity contribution is 6.34. The number of halogens is 10. The molecule has 0 radical (unpaired) electrons. The molecule has 0 spiro atoms. The number of carbonyl (C=O) groups is 2. The second-order valence-corrected chi connectivity index (χ2v) is 14.1. The molecule has 0 bridgehead atoms. The number of methoxy groups -OCH3 is 2. The van der Waals surface area contributed by atoms with Crippen LogP contribution < -0.4 is 4.74 Å². The Bertz CT molecular complexity index is 1940. The lowest BCUT2D eigenvalue weighted by Gasteiger charge is -2.36. The number of benzene rings is 3. The minimum absolute atomic E-state index is 0.00310. The van der Waals surface area contributed by atoms with Gasteiger partial charge in [0.25, 0.3) is 0 Å². The van der Waals surface area contributed by atoms with Crippen molar-refractivity contribution in [2.24, 2.45) is 5.41 Å². The number of esters is 1. The standard InChI is InChI=1S/C37H33ClF9NO5/c1-18-31(20-10-22(35(39,40)41)14-23(11-20)36(42,43)44)53-33(50)48(18)17-21-16-34(2,3)9-8-25(21)27-12-19(13-29(38)30(27)32(49)52-5)26-7-6-24(51-4)15-28(26)37(45,46)47/h6-7,10-15,18,31H,8-9,16-17H2,1-5H3/t18-,31-/m0/s1. The number of nitrogens with zero attached hydrogens (tertiary/aromatic N) is 1. The van der Waals surface area contributed by atoms with Crippen LogP contribution in [0, 0.1) is 5.41 Å². The maximum atomic E-state index is 14.3. The first-order valence-electron chi connectivity index (χ1n) is 16.1. The maximum absolute atomic E-state index is 14.3. The van der Waals surface area contributed by atoms with Gasteiger partial charge in [-0.2, -0.15) is 39.5 Å². The third-order valence-corrected chi connectivity index (χ3v) is 9.81. The van der Waals surface area contributed by atoms with Crippen molar-refractivity contribution in [2.75, 3.05) is 20.8 Å². The highest BCUT2D eigenvalue weighted by atomic mass is 35.5. The van der Waals surface area contributed by atoms with E-state index in [0.29, 0.717) is 29.7 Å². The van der Waals surface area contributed by atoms with Gasteiger partial charge in [-0.3, -0.25) is 4.90 Å². The summed E-state index contributed by atoms with van der Waals surface area (Å²) < 4.78 is 140. The first kappa shape index (κ1) is 39.8. The number of allylic oxidation sites excluding steroid dienone is 1. The van der Waals surface area contributed by atoms with E-state index in [0.717, 1.165) is 18.1 Å². The Kier molecular flexibility index (Phi) is 10.6. The smallest absolute Gasteiger partial charge is 0.417 e. The van der Waals surface area contributed by atoms with E-state index in [1.807, 2.05) is 13.8 Å². The monoisotopic (exact) mass is 777 g/mol. The van der Waals surface area contributed by atoms with Gasteiger partial charge in [-0.15, -0.1) is 0 Å². The van der Waals surface area contributed by atoms with E-state index >= 15 is 0 Å². The zero-order chi connectivity index (χ0) is 39.4. The predicted molar refractivity (Wildman–Crippen MR) is 176 cm³/mol. The van der Waals surface area contributed by atoms with Crippen LogP contribution in [0.4, 0.5) is 44.3 Å². The van der Waals surface area contributed by atoms with E-state index in [2.05, 4.69) is 0 Å². The Morgan fingerprint density at radius 2 is 1.53 bits per heavy atom. The van der Waals surface area contributed by atoms with Gasteiger partial charge in [0.1, 0.15) is 11.9 Å². The van der Waals surface area contributed by atoms with Gasteiger partial charge in [0.05, 0.1) is 47.5 Å². The Labute approximate surface area is 303 Å². The molecule has 6 nitrogen and oxygen atoms in total. The zero-order valence-electron chi connectivity index (χ0n) is 28.9. The summed E-state index contributed by atoms with van der Waals surface area (Å²) in [5.74, 6) is -0.944. The molecule has 286 valence electrons. The normalized spacial score (nSPS) is 19.4. The molecule has 2 atom stereocenters. The molecule has 0 unspecified atom stereocenters. The number of carbonyl (C=O) groups excluding carboxylic acids is 2. The van der Waals surface area contributed by atoms with Crippen LogP contribution >= 0.6 is 11.6 Å². The van der Waals surface area contributed by atoms with Crippen LogP contribution in [0.25, 0.3) is 16.7 Å². The molecular formula is C37H33ClF9NO5. The molecule has 53 heavy (non-hydrogen) atoms. The van der Waals surface area contributed by atoms with Crippen LogP contribution in [0.2, 0.25) is 5.02 Å². The molecule has 5 rings (SSSR count). The first-order chi connectivity index (χ1) is 24.4. The molecule has 0 N–H and O–H groups in total. The molecule has 1 fully saturated rings. The Morgan fingerprint density at radius 3 is 2.08 bits per heavy atom. The molecule has 16 heteroatoms. The van der Waals surface area contributed by atoms with E-state index in [1.54, 1.807) is 0 Å². The van der Waals surface area contributed by atoms with Crippen LogP contribution in [0.1, 0.15) is 84.3 Å². The van der Waals surface area contributed by atoms with E-state index < -0.39 is 70.4 Å². The van der Waals surface area contributed by atoms with Gasteiger partial charge in [0.15, 0.2) is 0 Å². The Hall–Kier alpha value is -4.40. The van der Waals surface area contributed by atoms with Crippen molar-refractivity contribution < 1.29 is 63.3 Å². The van der Waals surface area contributed by atoms with E-state index in [9.17, 15) is 49.1 Å². The highest BCUT2D eigenvalue weighted by Gasteiger charge is 2.44. The number of hydrogen-bond donors (Lipinski definition) is 0. The summed E-state index contributed by atoms with van der Waals surface area (Å²) in [6.45, 7) is 5.03. The van der Waals surface area contributed by atoms with E-state index in [1.165, 1.54) is 38.3 Å². The quantitative estimate of drug-likeness (QED) is 0.177. The fourth-order valence-electron chi connectivity index (χ4n) is 6.84. The third-order valence-electron chi connectivity index (χ3n) is 9.51. The second kappa shape index (κ2) is 14.1.